The maximum atomic E-state index is 10.0. The molecule has 0 fully saturated rings. The molecule has 17 heavy (non-hydrogen) atoms. The van der Waals surface area contributed by atoms with Gasteiger partial charge >= 0.3 is 0 Å². The van der Waals surface area contributed by atoms with Crippen molar-refractivity contribution in [1.29, 1.82) is 0 Å². The van der Waals surface area contributed by atoms with E-state index in [9.17, 15) is 5.11 Å². The summed E-state index contributed by atoms with van der Waals surface area (Å²) >= 11 is 0. The van der Waals surface area contributed by atoms with Crippen LogP contribution in [0, 0.1) is 5.41 Å². The van der Waals surface area contributed by atoms with Crippen LogP contribution in [0.25, 0.3) is 0 Å². The maximum absolute atomic E-state index is 10.0. The van der Waals surface area contributed by atoms with Gasteiger partial charge in [-0.1, -0.05) is 39.3 Å². The fourth-order valence-corrected chi connectivity index (χ4v) is 2.34. The van der Waals surface area contributed by atoms with E-state index in [1.54, 1.807) is 0 Å². The third-order valence-electron chi connectivity index (χ3n) is 3.85. The predicted octanol–water partition coefficient (Wildman–Crippen LogP) is 3.51. The number of aliphatic hydroxyl groups excluding tert-OH is 1. The van der Waals surface area contributed by atoms with E-state index >= 15 is 0 Å². The zero-order valence-electron chi connectivity index (χ0n) is 11.1. The van der Waals surface area contributed by atoms with Crippen LogP contribution in [0.1, 0.15) is 50.8 Å². The van der Waals surface area contributed by atoms with E-state index in [0.717, 1.165) is 30.6 Å². The van der Waals surface area contributed by atoms with Crippen LogP contribution in [0.2, 0.25) is 0 Å². The lowest BCUT2D eigenvalue weighted by atomic mass is 9.82. The fraction of sp³-hybridized carbons (Fsp3) is 0.600. The van der Waals surface area contributed by atoms with E-state index in [-0.39, 0.29) is 6.10 Å². The summed E-state index contributed by atoms with van der Waals surface area (Å²) in [5.41, 5.74) is 3.84. The van der Waals surface area contributed by atoms with Gasteiger partial charge in [-0.25, -0.2) is 0 Å². The molecule has 1 unspecified atom stereocenters. The van der Waals surface area contributed by atoms with Gasteiger partial charge in [-0.05, 0) is 29.9 Å². The molecule has 1 aliphatic heterocycles. The van der Waals surface area contributed by atoms with Gasteiger partial charge in [-0.2, -0.15) is 0 Å². The lowest BCUT2D eigenvalue weighted by Crippen LogP contribution is -2.18. The summed E-state index contributed by atoms with van der Waals surface area (Å²) in [6, 6.07) is 6.46. The van der Waals surface area contributed by atoms with Crippen molar-refractivity contribution in [3.05, 3.63) is 29.3 Å². The number of hydrogen-bond acceptors (Lipinski definition) is 2. The number of nitrogens with one attached hydrogen (secondary N) is 1. The normalized spacial score (nSPS) is 19.6. The molecule has 0 amide bonds. The zero-order valence-corrected chi connectivity index (χ0v) is 11.1. The summed E-state index contributed by atoms with van der Waals surface area (Å²) in [6.45, 7) is 7.69. The third kappa shape index (κ3) is 2.81. The average molecular weight is 233 g/mol. The average Bonchev–Trinajstić information content (AvgIpc) is 2.30. The first kappa shape index (κ1) is 12.4. The number of hydrogen-bond donors (Lipinski definition) is 2. The van der Waals surface area contributed by atoms with E-state index < -0.39 is 0 Å². The molecule has 0 aromatic heterocycles. The molecule has 0 saturated heterocycles. The third-order valence-corrected chi connectivity index (χ3v) is 3.85. The summed E-state index contributed by atoms with van der Waals surface area (Å²) in [4.78, 5) is 0. The van der Waals surface area contributed by atoms with Gasteiger partial charge in [0.25, 0.3) is 0 Å². The molecule has 2 N–H and O–H groups in total. The highest BCUT2D eigenvalue weighted by Gasteiger charge is 2.20. The molecule has 0 saturated carbocycles. The summed E-state index contributed by atoms with van der Waals surface area (Å²) < 4.78 is 0. The molecule has 0 radical (unpaired) electrons. The minimum Gasteiger partial charge on any atom is -0.388 e. The quantitative estimate of drug-likeness (QED) is 0.837. The van der Waals surface area contributed by atoms with Crippen LogP contribution in [0.15, 0.2) is 18.2 Å². The highest BCUT2D eigenvalue weighted by molar-refractivity contribution is 5.55. The van der Waals surface area contributed by atoms with Crippen LogP contribution >= 0.6 is 0 Å². The first-order valence-corrected chi connectivity index (χ1v) is 6.56. The van der Waals surface area contributed by atoms with Crippen molar-refractivity contribution in [3.63, 3.8) is 0 Å². The maximum Gasteiger partial charge on any atom is 0.0826 e. The molecule has 0 aliphatic carbocycles. The van der Waals surface area contributed by atoms with Crippen molar-refractivity contribution in [3.8, 4) is 0 Å². The van der Waals surface area contributed by atoms with E-state index in [2.05, 4.69) is 44.3 Å². The van der Waals surface area contributed by atoms with E-state index in [0.29, 0.717) is 5.41 Å². The molecule has 2 nitrogen and oxygen atoms in total. The first-order chi connectivity index (χ1) is 8.02. The number of fused-ring (bicyclic) bond motifs is 1. The van der Waals surface area contributed by atoms with E-state index in [1.807, 2.05) is 0 Å². The highest BCUT2D eigenvalue weighted by atomic mass is 16.3. The van der Waals surface area contributed by atoms with Crippen LogP contribution in [0.5, 0.6) is 0 Å². The molecule has 1 aromatic rings. The lowest BCUT2D eigenvalue weighted by Gasteiger charge is -2.26. The molecule has 94 valence electrons. The minimum atomic E-state index is -0.295. The molecule has 1 aromatic carbocycles. The number of aliphatic hydroxyl groups is 1. The SMILES string of the molecule is CCC(C)(C)Cc1ccc2c(c1)C(O)CCN2. The second-order valence-electron chi connectivity index (χ2n) is 5.85. The largest absolute Gasteiger partial charge is 0.388 e. The minimum absolute atomic E-state index is 0.295. The van der Waals surface area contributed by atoms with Crippen LogP contribution in [-0.4, -0.2) is 11.7 Å². The molecule has 1 aliphatic rings. The van der Waals surface area contributed by atoms with Gasteiger partial charge in [0.1, 0.15) is 0 Å². The van der Waals surface area contributed by atoms with Gasteiger partial charge in [0.05, 0.1) is 6.10 Å². The van der Waals surface area contributed by atoms with Gasteiger partial charge in [0, 0.05) is 17.8 Å². The molecule has 2 rings (SSSR count). The topological polar surface area (TPSA) is 32.3 Å². The lowest BCUT2D eigenvalue weighted by molar-refractivity contribution is 0.168. The number of anilines is 1. The van der Waals surface area contributed by atoms with Crippen molar-refractivity contribution in [2.75, 3.05) is 11.9 Å². The van der Waals surface area contributed by atoms with Crippen molar-refractivity contribution in [2.24, 2.45) is 5.41 Å². The summed E-state index contributed by atoms with van der Waals surface area (Å²) in [6.07, 6.45) is 2.76. The Balaban J connectivity index is 2.24. The molecule has 2 heteroatoms. The Morgan fingerprint density at radius 1 is 1.41 bits per heavy atom. The number of rotatable bonds is 3. The van der Waals surface area contributed by atoms with Gasteiger partial charge in [-0.15, -0.1) is 0 Å². The van der Waals surface area contributed by atoms with Crippen LogP contribution in [0.3, 0.4) is 0 Å². The van der Waals surface area contributed by atoms with Crippen molar-refractivity contribution in [2.45, 2.75) is 46.1 Å². The smallest absolute Gasteiger partial charge is 0.0826 e. The zero-order chi connectivity index (χ0) is 12.5. The van der Waals surface area contributed by atoms with E-state index in [4.69, 9.17) is 0 Å². The second-order valence-corrected chi connectivity index (χ2v) is 5.85. The molecule has 0 bridgehead atoms. The first-order valence-electron chi connectivity index (χ1n) is 6.56. The van der Waals surface area contributed by atoms with Crippen molar-refractivity contribution < 1.29 is 5.11 Å². The number of benzene rings is 1. The Morgan fingerprint density at radius 2 is 2.18 bits per heavy atom. The predicted molar refractivity (Wildman–Crippen MR) is 72.3 cm³/mol. The summed E-state index contributed by atoms with van der Waals surface area (Å²) in [5.74, 6) is 0. The molecule has 1 atom stereocenters. The highest BCUT2D eigenvalue weighted by Crippen LogP contribution is 2.33. The van der Waals surface area contributed by atoms with Gasteiger partial charge < -0.3 is 10.4 Å². The van der Waals surface area contributed by atoms with Gasteiger partial charge in [-0.3, -0.25) is 0 Å². The fourth-order valence-electron chi connectivity index (χ4n) is 2.34. The summed E-state index contributed by atoms with van der Waals surface area (Å²) in [7, 11) is 0. The van der Waals surface area contributed by atoms with Crippen LogP contribution in [-0.2, 0) is 6.42 Å². The molecular weight excluding hydrogens is 210 g/mol. The van der Waals surface area contributed by atoms with Gasteiger partial charge in [0.2, 0.25) is 0 Å². The molecule has 0 spiro atoms. The van der Waals surface area contributed by atoms with Crippen LogP contribution < -0.4 is 5.32 Å². The molecular formula is C15H23NO. The monoisotopic (exact) mass is 233 g/mol. The Kier molecular flexibility index (Phi) is 3.43. The van der Waals surface area contributed by atoms with E-state index in [1.165, 1.54) is 12.0 Å². The Labute approximate surface area is 104 Å². The van der Waals surface area contributed by atoms with Crippen molar-refractivity contribution >= 4 is 5.69 Å². The standard InChI is InChI=1S/C15H23NO/c1-4-15(2,3)10-11-5-6-13-12(9-11)14(17)7-8-16-13/h5-6,9,14,16-17H,4,7-8,10H2,1-3H3. The van der Waals surface area contributed by atoms with Gasteiger partial charge in [0.15, 0.2) is 0 Å². The van der Waals surface area contributed by atoms with Crippen molar-refractivity contribution in [1.82, 2.24) is 0 Å². The molecule has 1 heterocycles. The Morgan fingerprint density at radius 3 is 2.88 bits per heavy atom. The second kappa shape index (κ2) is 4.69. The van der Waals surface area contributed by atoms with Crippen LogP contribution in [0.4, 0.5) is 5.69 Å². The Bertz CT molecular complexity index is 398. The Hall–Kier alpha value is -1.02. The summed E-state index contributed by atoms with van der Waals surface area (Å²) in [5, 5.41) is 13.3.